The number of ketones is 1. The lowest BCUT2D eigenvalue weighted by Gasteiger charge is -2.11. The average Bonchev–Trinajstić information content (AvgIpc) is 2.94. The Kier molecular flexibility index (Phi) is 2.88. The Bertz CT molecular complexity index is 542. The van der Waals surface area contributed by atoms with Crippen LogP contribution < -0.4 is 0 Å². The minimum atomic E-state index is -0.292. The summed E-state index contributed by atoms with van der Waals surface area (Å²) in [5, 5.41) is 0. The highest BCUT2D eigenvalue weighted by atomic mass is 16.5. The summed E-state index contributed by atoms with van der Waals surface area (Å²) in [5.41, 5.74) is 1.52. The Hall–Kier alpha value is -1.68. The predicted molar refractivity (Wildman–Crippen MR) is 66.2 cm³/mol. The summed E-state index contributed by atoms with van der Waals surface area (Å²) in [6.07, 6.45) is 0.869. The van der Waals surface area contributed by atoms with Crippen LogP contribution in [0.2, 0.25) is 0 Å². The molecule has 1 saturated heterocycles. The Labute approximate surface area is 105 Å². The Morgan fingerprint density at radius 1 is 1.44 bits per heavy atom. The zero-order chi connectivity index (χ0) is 12.5. The van der Waals surface area contributed by atoms with Crippen LogP contribution in [0.25, 0.3) is 11.1 Å². The van der Waals surface area contributed by atoms with Crippen LogP contribution in [0.4, 0.5) is 0 Å². The molecule has 2 unspecified atom stereocenters. The number of carbonyl (C=O) groups excluding carboxylic acids is 1. The van der Waals surface area contributed by atoms with Gasteiger partial charge in [-0.15, -0.1) is 0 Å². The third kappa shape index (κ3) is 2.04. The van der Waals surface area contributed by atoms with Gasteiger partial charge in [0.25, 0.3) is 0 Å². The van der Waals surface area contributed by atoms with Gasteiger partial charge in [-0.1, -0.05) is 19.1 Å². The number of oxazole rings is 1. The molecule has 1 aromatic heterocycles. The van der Waals surface area contributed by atoms with Crippen LogP contribution in [0.3, 0.4) is 0 Å². The van der Waals surface area contributed by atoms with Crippen LogP contribution in [-0.4, -0.2) is 23.5 Å². The van der Waals surface area contributed by atoms with Crippen molar-refractivity contribution in [2.75, 3.05) is 6.61 Å². The number of hydrogen-bond donors (Lipinski definition) is 0. The van der Waals surface area contributed by atoms with E-state index in [1.54, 1.807) is 0 Å². The maximum atomic E-state index is 12.1. The summed E-state index contributed by atoms with van der Waals surface area (Å²) in [5.74, 6) is 0.831. The van der Waals surface area contributed by atoms with Gasteiger partial charge in [-0.2, -0.15) is 0 Å². The average molecular weight is 245 g/mol. The van der Waals surface area contributed by atoms with Gasteiger partial charge in [0.15, 0.2) is 11.4 Å². The fourth-order valence-electron chi connectivity index (χ4n) is 2.35. The van der Waals surface area contributed by atoms with E-state index in [1.807, 2.05) is 31.2 Å². The van der Waals surface area contributed by atoms with E-state index in [9.17, 15) is 4.79 Å². The molecular weight excluding hydrogens is 230 g/mol. The molecular formula is C14H15NO3. The zero-order valence-corrected chi connectivity index (χ0v) is 10.3. The number of aromatic nitrogens is 1. The van der Waals surface area contributed by atoms with E-state index in [2.05, 4.69) is 4.98 Å². The van der Waals surface area contributed by atoms with Crippen molar-refractivity contribution in [1.82, 2.24) is 4.98 Å². The molecule has 0 saturated carbocycles. The molecule has 0 spiro atoms. The molecule has 1 aliphatic rings. The van der Waals surface area contributed by atoms with E-state index in [-0.39, 0.29) is 18.3 Å². The van der Waals surface area contributed by atoms with Crippen molar-refractivity contribution < 1.29 is 13.9 Å². The van der Waals surface area contributed by atoms with Gasteiger partial charge in [0.1, 0.15) is 11.6 Å². The normalized spacial score (nSPS) is 23.6. The first-order valence-corrected chi connectivity index (χ1v) is 6.23. The number of hydrogen-bond acceptors (Lipinski definition) is 4. The minimum Gasteiger partial charge on any atom is -0.440 e. The number of carbonyl (C=O) groups is 1. The number of fused-ring (bicyclic) bond motifs is 1. The van der Waals surface area contributed by atoms with Crippen LogP contribution in [0.1, 0.15) is 19.2 Å². The van der Waals surface area contributed by atoms with Crippen LogP contribution >= 0.6 is 0 Å². The number of Topliss-reactive ketones (excluding diaryl/α,β-unsaturated/α-hetero) is 1. The molecule has 3 rings (SSSR count). The fourth-order valence-corrected chi connectivity index (χ4v) is 2.35. The van der Waals surface area contributed by atoms with Crippen molar-refractivity contribution in [1.29, 1.82) is 0 Å². The van der Waals surface area contributed by atoms with Crippen LogP contribution in [0, 0.1) is 5.92 Å². The highest BCUT2D eigenvalue weighted by Gasteiger charge is 2.31. The molecule has 0 aliphatic carbocycles. The number of ether oxygens (including phenoxy) is 1. The van der Waals surface area contributed by atoms with Crippen molar-refractivity contribution in [2.45, 2.75) is 25.9 Å². The first-order valence-electron chi connectivity index (χ1n) is 6.23. The molecule has 18 heavy (non-hydrogen) atoms. The molecule has 0 N–H and O–H groups in total. The maximum absolute atomic E-state index is 12.1. The molecule has 2 atom stereocenters. The molecule has 0 amide bonds. The lowest BCUT2D eigenvalue weighted by atomic mass is 9.99. The zero-order valence-electron chi connectivity index (χ0n) is 10.3. The van der Waals surface area contributed by atoms with Gasteiger partial charge in [-0.3, -0.25) is 4.79 Å². The maximum Gasteiger partial charge on any atom is 0.203 e. The van der Waals surface area contributed by atoms with E-state index in [0.29, 0.717) is 18.4 Å². The lowest BCUT2D eigenvalue weighted by Crippen LogP contribution is -2.26. The van der Waals surface area contributed by atoms with Crippen molar-refractivity contribution in [3.8, 4) is 0 Å². The molecule has 0 bridgehead atoms. The molecule has 1 aliphatic heterocycles. The Morgan fingerprint density at radius 2 is 2.28 bits per heavy atom. The largest absolute Gasteiger partial charge is 0.440 e. The van der Waals surface area contributed by atoms with Crippen molar-refractivity contribution in [2.24, 2.45) is 5.92 Å². The van der Waals surface area contributed by atoms with Gasteiger partial charge >= 0.3 is 0 Å². The van der Waals surface area contributed by atoms with E-state index in [1.165, 1.54) is 0 Å². The van der Waals surface area contributed by atoms with Crippen molar-refractivity contribution >= 4 is 16.9 Å². The van der Waals surface area contributed by atoms with Crippen molar-refractivity contribution in [3.63, 3.8) is 0 Å². The van der Waals surface area contributed by atoms with Gasteiger partial charge in [0.2, 0.25) is 5.89 Å². The lowest BCUT2D eigenvalue weighted by molar-refractivity contribution is -0.128. The summed E-state index contributed by atoms with van der Waals surface area (Å²) in [4.78, 5) is 16.4. The molecule has 2 heterocycles. The first-order chi connectivity index (χ1) is 8.74. The van der Waals surface area contributed by atoms with E-state index in [0.717, 1.165) is 17.5 Å². The number of nitrogens with zero attached hydrogens (tertiary/aromatic N) is 1. The van der Waals surface area contributed by atoms with Crippen molar-refractivity contribution in [3.05, 3.63) is 30.2 Å². The number of benzene rings is 1. The summed E-state index contributed by atoms with van der Waals surface area (Å²) in [7, 11) is 0. The number of para-hydroxylation sites is 2. The Morgan fingerprint density at radius 3 is 3.00 bits per heavy atom. The third-order valence-corrected chi connectivity index (χ3v) is 3.37. The van der Waals surface area contributed by atoms with Gasteiger partial charge in [0.05, 0.1) is 6.42 Å². The molecule has 2 aromatic rings. The molecule has 1 aromatic carbocycles. The molecule has 0 radical (unpaired) electrons. The van der Waals surface area contributed by atoms with E-state index in [4.69, 9.17) is 9.15 Å². The minimum absolute atomic E-state index is 0.0616. The van der Waals surface area contributed by atoms with Crippen LogP contribution in [-0.2, 0) is 16.0 Å². The summed E-state index contributed by atoms with van der Waals surface area (Å²) in [6.45, 7) is 2.72. The molecule has 4 nitrogen and oxygen atoms in total. The second-order valence-electron chi connectivity index (χ2n) is 4.78. The topological polar surface area (TPSA) is 52.3 Å². The summed E-state index contributed by atoms with van der Waals surface area (Å²) < 4.78 is 11.0. The Balaban J connectivity index is 1.77. The van der Waals surface area contributed by atoms with E-state index < -0.39 is 0 Å². The highest BCUT2D eigenvalue weighted by Crippen LogP contribution is 2.23. The second-order valence-corrected chi connectivity index (χ2v) is 4.78. The molecule has 4 heteroatoms. The quantitative estimate of drug-likeness (QED) is 0.833. The van der Waals surface area contributed by atoms with Gasteiger partial charge in [-0.05, 0) is 24.5 Å². The van der Waals surface area contributed by atoms with Crippen LogP contribution in [0.5, 0.6) is 0 Å². The second kappa shape index (κ2) is 4.53. The smallest absolute Gasteiger partial charge is 0.203 e. The predicted octanol–water partition coefficient (Wildman–Crippen LogP) is 2.36. The molecule has 1 fully saturated rings. The monoisotopic (exact) mass is 245 g/mol. The first kappa shape index (κ1) is 11.4. The highest BCUT2D eigenvalue weighted by molar-refractivity contribution is 5.85. The molecule has 94 valence electrons. The van der Waals surface area contributed by atoms with Gasteiger partial charge < -0.3 is 9.15 Å². The summed E-state index contributed by atoms with van der Waals surface area (Å²) >= 11 is 0. The summed E-state index contributed by atoms with van der Waals surface area (Å²) in [6, 6.07) is 7.52. The fraction of sp³-hybridized carbons (Fsp3) is 0.429. The van der Waals surface area contributed by atoms with Gasteiger partial charge in [-0.25, -0.2) is 4.98 Å². The third-order valence-electron chi connectivity index (χ3n) is 3.37. The van der Waals surface area contributed by atoms with E-state index >= 15 is 0 Å². The number of rotatable bonds is 3. The SMILES string of the molecule is CC1CCOC1C(=O)Cc1nc2ccccc2o1. The van der Waals surface area contributed by atoms with Crippen LogP contribution in [0.15, 0.2) is 28.7 Å². The van der Waals surface area contributed by atoms with Gasteiger partial charge in [0, 0.05) is 6.61 Å². The standard InChI is InChI=1S/C14H15NO3/c1-9-6-7-17-14(9)11(16)8-13-15-10-4-2-3-5-12(10)18-13/h2-5,9,14H,6-8H2,1H3.